The quantitative estimate of drug-likeness (QED) is 0.941. The Labute approximate surface area is 107 Å². The van der Waals surface area contributed by atoms with Crippen LogP contribution in [-0.2, 0) is 0 Å². The van der Waals surface area contributed by atoms with Crippen molar-refractivity contribution in [2.75, 3.05) is 12.0 Å². The minimum atomic E-state index is -0.119. The fraction of sp³-hybridized carbons (Fsp3) is 0.364. The Balaban J connectivity index is 2.29. The first kappa shape index (κ1) is 12.0. The van der Waals surface area contributed by atoms with E-state index in [1.807, 2.05) is 18.2 Å². The monoisotopic (exact) mass is 300 g/mol. The van der Waals surface area contributed by atoms with Crippen LogP contribution in [0.25, 0.3) is 11.1 Å². The van der Waals surface area contributed by atoms with Gasteiger partial charge >= 0.3 is 0 Å². The first-order valence-electron chi connectivity index (χ1n) is 5.02. The molecule has 1 heterocycles. The highest BCUT2D eigenvalue weighted by molar-refractivity contribution is 9.10. The van der Waals surface area contributed by atoms with Gasteiger partial charge in [-0.25, -0.2) is 4.98 Å². The molecule has 0 aliphatic carbocycles. The van der Waals surface area contributed by atoms with Crippen molar-refractivity contribution < 1.29 is 4.42 Å². The van der Waals surface area contributed by atoms with Crippen molar-refractivity contribution in [3.63, 3.8) is 0 Å². The Morgan fingerprint density at radius 1 is 1.56 bits per heavy atom. The van der Waals surface area contributed by atoms with Crippen molar-refractivity contribution in [2.45, 2.75) is 12.5 Å². The number of benzene rings is 1. The molecule has 86 valence electrons. The van der Waals surface area contributed by atoms with Gasteiger partial charge in [-0.3, -0.25) is 0 Å². The lowest BCUT2D eigenvalue weighted by atomic mass is 10.2. The van der Waals surface area contributed by atoms with E-state index in [2.05, 4.69) is 27.2 Å². The largest absolute Gasteiger partial charge is 0.438 e. The van der Waals surface area contributed by atoms with Gasteiger partial charge in [0.25, 0.3) is 0 Å². The summed E-state index contributed by atoms with van der Waals surface area (Å²) in [6.45, 7) is 0. The maximum Gasteiger partial charge on any atom is 0.212 e. The number of halogens is 1. The Hall–Kier alpha value is -0.520. The number of para-hydroxylation sites is 1. The van der Waals surface area contributed by atoms with Crippen molar-refractivity contribution in [1.29, 1.82) is 0 Å². The molecule has 2 aromatic rings. The third-order valence-corrected chi connectivity index (χ3v) is 3.60. The van der Waals surface area contributed by atoms with Gasteiger partial charge in [0.05, 0.1) is 10.5 Å². The van der Waals surface area contributed by atoms with Crippen molar-refractivity contribution >= 4 is 38.8 Å². The van der Waals surface area contributed by atoms with Crippen LogP contribution in [0.15, 0.2) is 27.1 Å². The second-order valence-corrected chi connectivity index (χ2v) is 5.37. The van der Waals surface area contributed by atoms with E-state index >= 15 is 0 Å². The number of fused-ring (bicyclic) bond motifs is 1. The summed E-state index contributed by atoms with van der Waals surface area (Å²) in [5.74, 6) is 1.64. The van der Waals surface area contributed by atoms with Crippen LogP contribution in [0.4, 0.5) is 0 Å². The smallest absolute Gasteiger partial charge is 0.212 e. The van der Waals surface area contributed by atoms with E-state index in [0.29, 0.717) is 5.89 Å². The van der Waals surface area contributed by atoms with Gasteiger partial charge in [0, 0.05) is 0 Å². The van der Waals surface area contributed by atoms with E-state index in [0.717, 1.165) is 27.7 Å². The molecule has 1 unspecified atom stereocenters. The number of hydrogen-bond acceptors (Lipinski definition) is 4. The van der Waals surface area contributed by atoms with Crippen molar-refractivity contribution in [3.05, 3.63) is 28.6 Å². The molecule has 0 bridgehead atoms. The molecule has 16 heavy (non-hydrogen) atoms. The fourth-order valence-corrected chi connectivity index (χ4v) is 2.39. The van der Waals surface area contributed by atoms with Crippen LogP contribution < -0.4 is 5.73 Å². The van der Waals surface area contributed by atoms with E-state index in [-0.39, 0.29) is 6.04 Å². The zero-order valence-electron chi connectivity index (χ0n) is 8.94. The van der Waals surface area contributed by atoms with Crippen molar-refractivity contribution in [2.24, 2.45) is 5.73 Å². The third-order valence-electron chi connectivity index (χ3n) is 2.33. The van der Waals surface area contributed by atoms with Crippen LogP contribution in [-0.4, -0.2) is 17.0 Å². The van der Waals surface area contributed by atoms with Crippen LogP contribution >= 0.6 is 27.7 Å². The molecule has 0 aliphatic rings. The molecule has 1 atom stereocenters. The Morgan fingerprint density at radius 3 is 3.06 bits per heavy atom. The van der Waals surface area contributed by atoms with Gasteiger partial charge in [-0.15, -0.1) is 0 Å². The summed E-state index contributed by atoms with van der Waals surface area (Å²) in [4.78, 5) is 4.40. The predicted molar refractivity (Wildman–Crippen MR) is 71.6 cm³/mol. The zero-order valence-corrected chi connectivity index (χ0v) is 11.3. The van der Waals surface area contributed by atoms with E-state index < -0.39 is 0 Å². The summed E-state index contributed by atoms with van der Waals surface area (Å²) in [6.07, 6.45) is 2.95. The summed E-state index contributed by atoms with van der Waals surface area (Å²) in [7, 11) is 0. The average Bonchev–Trinajstić information content (AvgIpc) is 2.71. The molecule has 0 fully saturated rings. The van der Waals surface area contributed by atoms with Crippen LogP contribution in [0, 0.1) is 0 Å². The normalized spacial score (nSPS) is 13.2. The highest BCUT2D eigenvalue weighted by Crippen LogP contribution is 2.27. The van der Waals surface area contributed by atoms with Gasteiger partial charge in [0.15, 0.2) is 5.58 Å². The second kappa shape index (κ2) is 5.21. The van der Waals surface area contributed by atoms with Gasteiger partial charge in [0.1, 0.15) is 5.52 Å². The Bertz CT molecular complexity index is 486. The second-order valence-electron chi connectivity index (χ2n) is 3.53. The minimum absolute atomic E-state index is 0.119. The highest BCUT2D eigenvalue weighted by atomic mass is 79.9. The molecule has 0 spiro atoms. The number of rotatable bonds is 4. The van der Waals surface area contributed by atoms with Crippen LogP contribution in [0.3, 0.4) is 0 Å². The van der Waals surface area contributed by atoms with Crippen molar-refractivity contribution in [3.8, 4) is 0 Å². The third kappa shape index (κ3) is 2.42. The van der Waals surface area contributed by atoms with Gasteiger partial charge in [-0.2, -0.15) is 11.8 Å². The Kier molecular flexibility index (Phi) is 3.89. The number of nitrogens with zero attached hydrogens (tertiary/aromatic N) is 1. The molecular formula is C11H13BrN2OS. The molecule has 1 aromatic carbocycles. The van der Waals surface area contributed by atoms with Crippen LogP contribution in [0.5, 0.6) is 0 Å². The lowest BCUT2D eigenvalue weighted by molar-refractivity contribution is 0.469. The standard InChI is InChI=1S/C11H13BrN2OS/c1-16-6-5-8(13)11-14-9-4-2-3-7(12)10(9)15-11/h2-4,8H,5-6,13H2,1H3. The lowest BCUT2D eigenvalue weighted by Crippen LogP contribution is -2.11. The van der Waals surface area contributed by atoms with Gasteiger partial charge < -0.3 is 10.2 Å². The molecule has 0 saturated heterocycles. The average molecular weight is 301 g/mol. The molecule has 5 heteroatoms. The molecule has 0 radical (unpaired) electrons. The van der Waals surface area contributed by atoms with E-state index in [9.17, 15) is 0 Å². The molecule has 0 amide bonds. The maximum absolute atomic E-state index is 6.01. The molecule has 0 saturated carbocycles. The van der Waals surface area contributed by atoms with Crippen LogP contribution in [0.2, 0.25) is 0 Å². The molecular weight excluding hydrogens is 288 g/mol. The lowest BCUT2D eigenvalue weighted by Gasteiger charge is -2.04. The summed E-state index contributed by atoms with van der Waals surface area (Å²) < 4.78 is 6.58. The minimum Gasteiger partial charge on any atom is -0.438 e. The molecule has 3 nitrogen and oxygen atoms in total. The SMILES string of the molecule is CSCCC(N)c1nc2cccc(Br)c2o1. The summed E-state index contributed by atoms with van der Waals surface area (Å²) in [6, 6.07) is 5.68. The van der Waals surface area contributed by atoms with Gasteiger partial charge in [-0.1, -0.05) is 6.07 Å². The number of nitrogens with two attached hydrogens (primary N) is 1. The number of aromatic nitrogens is 1. The maximum atomic E-state index is 6.01. The van der Waals surface area contributed by atoms with E-state index in [1.54, 1.807) is 11.8 Å². The predicted octanol–water partition coefficient (Wildman–Crippen LogP) is 3.34. The number of oxazole rings is 1. The molecule has 1 aromatic heterocycles. The molecule has 0 aliphatic heterocycles. The van der Waals surface area contributed by atoms with Gasteiger partial charge in [-0.05, 0) is 46.5 Å². The van der Waals surface area contributed by atoms with Crippen LogP contribution in [0.1, 0.15) is 18.4 Å². The topological polar surface area (TPSA) is 52.0 Å². The number of thioether (sulfide) groups is 1. The Morgan fingerprint density at radius 2 is 2.38 bits per heavy atom. The van der Waals surface area contributed by atoms with Gasteiger partial charge in [0.2, 0.25) is 5.89 Å². The first-order valence-corrected chi connectivity index (χ1v) is 7.20. The summed E-state index contributed by atoms with van der Waals surface area (Å²) in [5.41, 5.74) is 7.64. The zero-order chi connectivity index (χ0) is 11.5. The molecule has 2 N–H and O–H groups in total. The fourth-order valence-electron chi connectivity index (χ4n) is 1.46. The van der Waals surface area contributed by atoms with E-state index in [1.165, 1.54) is 0 Å². The number of hydrogen-bond donors (Lipinski definition) is 1. The summed E-state index contributed by atoms with van der Waals surface area (Å²) in [5, 5.41) is 0. The van der Waals surface area contributed by atoms with E-state index in [4.69, 9.17) is 10.2 Å². The summed E-state index contributed by atoms with van der Waals surface area (Å²) >= 11 is 5.21. The highest BCUT2D eigenvalue weighted by Gasteiger charge is 2.14. The first-order chi connectivity index (χ1) is 7.72. The van der Waals surface area contributed by atoms with Crippen molar-refractivity contribution in [1.82, 2.24) is 4.98 Å². The molecule has 2 rings (SSSR count).